The minimum atomic E-state index is -3.64. The fourth-order valence-electron chi connectivity index (χ4n) is 1.70. The fraction of sp³-hybridized carbons (Fsp3) is 0.250. The van der Waals surface area contributed by atoms with Crippen LogP contribution in [0.3, 0.4) is 0 Å². The van der Waals surface area contributed by atoms with E-state index in [1.54, 1.807) is 16.9 Å². The number of aromatic nitrogens is 2. The van der Waals surface area contributed by atoms with Crippen molar-refractivity contribution < 1.29 is 8.42 Å². The second kappa shape index (κ2) is 6.25. The molecule has 6 nitrogen and oxygen atoms in total. The molecule has 3 N–H and O–H groups in total. The Morgan fingerprint density at radius 1 is 1.40 bits per heavy atom. The Morgan fingerprint density at radius 3 is 2.90 bits per heavy atom. The number of anilines is 1. The van der Waals surface area contributed by atoms with Crippen LogP contribution in [-0.4, -0.2) is 24.7 Å². The first-order chi connectivity index (χ1) is 9.49. The third-order valence-corrected chi connectivity index (χ3v) is 4.43. The molecule has 108 valence electrons. The molecule has 1 aromatic heterocycles. The second-order valence-corrected chi connectivity index (χ2v) is 6.37. The van der Waals surface area contributed by atoms with E-state index in [2.05, 4.69) is 9.82 Å². The molecule has 0 fully saturated rings. The van der Waals surface area contributed by atoms with E-state index in [1.165, 1.54) is 12.1 Å². The molecule has 2 rings (SSSR count). The standard InChI is InChI=1S/C12H15ClN4O2S/c13-10-3-4-11(14)12(9-10)20(18,19)16-6-2-8-17-7-1-5-15-17/h1,3-5,7,9,16H,2,6,8,14H2. The van der Waals surface area contributed by atoms with E-state index >= 15 is 0 Å². The Morgan fingerprint density at radius 2 is 2.20 bits per heavy atom. The Balaban J connectivity index is 1.95. The number of rotatable bonds is 6. The number of nitrogens with one attached hydrogen (secondary N) is 1. The lowest BCUT2D eigenvalue weighted by Gasteiger charge is -2.09. The monoisotopic (exact) mass is 314 g/mol. The van der Waals surface area contributed by atoms with Gasteiger partial charge in [-0.05, 0) is 30.7 Å². The average molecular weight is 315 g/mol. The number of aryl methyl sites for hydroxylation is 1. The molecule has 0 saturated carbocycles. The lowest BCUT2D eigenvalue weighted by Crippen LogP contribution is -2.26. The van der Waals surface area contributed by atoms with Crippen molar-refractivity contribution in [2.45, 2.75) is 17.9 Å². The van der Waals surface area contributed by atoms with Crippen molar-refractivity contribution in [2.24, 2.45) is 0 Å². The molecule has 0 spiro atoms. The molecule has 0 aliphatic carbocycles. The summed E-state index contributed by atoms with van der Waals surface area (Å²) in [6.07, 6.45) is 4.13. The van der Waals surface area contributed by atoms with E-state index < -0.39 is 10.0 Å². The first-order valence-electron chi connectivity index (χ1n) is 6.01. The molecule has 1 aromatic carbocycles. The molecule has 0 saturated heterocycles. The summed E-state index contributed by atoms with van der Waals surface area (Å²) in [7, 11) is -3.64. The van der Waals surface area contributed by atoms with E-state index in [9.17, 15) is 8.42 Å². The van der Waals surface area contributed by atoms with Gasteiger partial charge in [-0.15, -0.1) is 0 Å². The van der Waals surface area contributed by atoms with Crippen LogP contribution in [0.2, 0.25) is 5.02 Å². The third-order valence-electron chi connectivity index (χ3n) is 2.68. The van der Waals surface area contributed by atoms with Crippen molar-refractivity contribution in [1.82, 2.24) is 14.5 Å². The molecular formula is C12H15ClN4O2S. The van der Waals surface area contributed by atoms with Crippen molar-refractivity contribution in [1.29, 1.82) is 0 Å². The van der Waals surface area contributed by atoms with Gasteiger partial charge in [-0.1, -0.05) is 11.6 Å². The molecule has 0 bridgehead atoms. The van der Waals surface area contributed by atoms with E-state index in [-0.39, 0.29) is 10.6 Å². The number of nitrogen functional groups attached to an aromatic ring is 1. The van der Waals surface area contributed by atoms with Crippen LogP contribution in [0.25, 0.3) is 0 Å². The number of halogens is 1. The van der Waals surface area contributed by atoms with Gasteiger partial charge < -0.3 is 5.73 Å². The largest absolute Gasteiger partial charge is 0.398 e. The molecule has 2 aromatic rings. The molecular weight excluding hydrogens is 300 g/mol. The number of hydrogen-bond donors (Lipinski definition) is 2. The van der Waals surface area contributed by atoms with Gasteiger partial charge in [-0.3, -0.25) is 4.68 Å². The van der Waals surface area contributed by atoms with Crippen LogP contribution >= 0.6 is 11.6 Å². The number of hydrogen-bond acceptors (Lipinski definition) is 4. The highest BCUT2D eigenvalue weighted by atomic mass is 35.5. The molecule has 8 heteroatoms. The lowest BCUT2D eigenvalue weighted by molar-refractivity contribution is 0.553. The van der Waals surface area contributed by atoms with Gasteiger partial charge in [-0.2, -0.15) is 5.10 Å². The molecule has 0 amide bonds. The van der Waals surface area contributed by atoms with Crippen molar-refractivity contribution in [3.63, 3.8) is 0 Å². The molecule has 0 aliphatic heterocycles. The van der Waals surface area contributed by atoms with Crippen LogP contribution in [0, 0.1) is 0 Å². The van der Waals surface area contributed by atoms with E-state index in [0.717, 1.165) is 0 Å². The SMILES string of the molecule is Nc1ccc(Cl)cc1S(=O)(=O)NCCCn1cccn1. The Labute approximate surface area is 122 Å². The van der Waals surface area contributed by atoms with Gasteiger partial charge >= 0.3 is 0 Å². The van der Waals surface area contributed by atoms with Crippen LogP contribution in [0.1, 0.15) is 6.42 Å². The summed E-state index contributed by atoms with van der Waals surface area (Å²) in [6, 6.07) is 6.18. The zero-order valence-electron chi connectivity index (χ0n) is 10.7. The van der Waals surface area contributed by atoms with E-state index in [1.807, 2.05) is 12.3 Å². The van der Waals surface area contributed by atoms with Crippen molar-refractivity contribution >= 4 is 27.3 Å². The van der Waals surface area contributed by atoms with Crippen LogP contribution in [0.15, 0.2) is 41.6 Å². The summed E-state index contributed by atoms with van der Waals surface area (Å²) >= 11 is 5.79. The predicted octanol–water partition coefficient (Wildman–Crippen LogP) is 1.49. The van der Waals surface area contributed by atoms with Gasteiger partial charge in [0.2, 0.25) is 10.0 Å². The van der Waals surface area contributed by atoms with Crippen molar-refractivity contribution in [2.75, 3.05) is 12.3 Å². The maximum atomic E-state index is 12.1. The van der Waals surface area contributed by atoms with Crippen molar-refractivity contribution in [3.8, 4) is 0 Å². The maximum Gasteiger partial charge on any atom is 0.242 e. The van der Waals surface area contributed by atoms with Gasteiger partial charge in [0.25, 0.3) is 0 Å². The quantitative estimate of drug-likeness (QED) is 0.624. The van der Waals surface area contributed by atoms with Gasteiger partial charge in [0.15, 0.2) is 0 Å². The van der Waals surface area contributed by atoms with E-state index in [0.29, 0.717) is 24.5 Å². The number of nitrogens with two attached hydrogens (primary N) is 1. The van der Waals surface area contributed by atoms with E-state index in [4.69, 9.17) is 17.3 Å². The summed E-state index contributed by atoms with van der Waals surface area (Å²) in [5.74, 6) is 0. The fourth-order valence-corrected chi connectivity index (χ4v) is 3.16. The molecule has 0 atom stereocenters. The molecule has 20 heavy (non-hydrogen) atoms. The maximum absolute atomic E-state index is 12.1. The molecule has 1 heterocycles. The Kier molecular flexibility index (Phi) is 4.64. The molecule has 0 aliphatic rings. The minimum Gasteiger partial charge on any atom is -0.398 e. The summed E-state index contributed by atoms with van der Waals surface area (Å²) < 4.78 is 28.4. The topological polar surface area (TPSA) is 90.0 Å². The summed E-state index contributed by atoms with van der Waals surface area (Å²) in [5, 5.41) is 4.37. The zero-order valence-corrected chi connectivity index (χ0v) is 12.2. The first kappa shape index (κ1) is 14.8. The van der Waals surface area contributed by atoms with Crippen LogP contribution in [-0.2, 0) is 16.6 Å². The summed E-state index contributed by atoms with van der Waals surface area (Å²) in [5.41, 5.74) is 5.84. The highest BCUT2D eigenvalue weighted by Crippen LogP contribution is 2.22. The first-order valence-corrected chi connectivity index (χ1v) is 7.87. The third kappa shape index (κ3) is 3.72. The van der Waals surface area contributed by atoms with Crippen molar-refractivity contribution in [3.05, 3.63) is 41.7 Å². The lowest BCUT2D eigenvalue weighted by atomic mass is 10.3. The van der Waals surface area contributed by atoms with Gasteiger partial charge in [-0.25, -0.2) is 13.1 Å². The van der Waals surface area contributed by atoms with Gasteiger partial charge in [0, 0.05) is 30.5 Å². The average Bonchev–Trinajstić information content (AvgIpc) is 2.90. The molecule has 0 unspecified atom stereocenters. The van der Waals surface area contributed by atoms with Gasteiger partial charge in [0.1, 0.15) is 4.90 Å². The highest BCUT2D eigenvalue weighted by Gasteiger charge is 2.17. The predicted molar refractivity (Wildman–Crippen MR) is 77.9 cm³/mol. The van der Waals surface area contributed by atoms with Gasteiger partial charge in [0.05, 0.1) is 5.69 Å². The Hall–Kier alpha value is -1.57. The number of sulfonamides is 1. The van der Waals surface area contributed by atoms with Crippen LogP contribution in [0.4, 0.5) is 5.69 Å². The summed E-state index contributed by atoms with van der Waals surface area (Å²) in [4.78, 5) is 0.00379. The minimum absolute atomic E-state index is 0.00379. The smallest absolute Gasteiger partial charge is 0.242 e. The van der Waals surface area contributed by atoms with Crippen LogP contribution < -0.4 is 10.5 Å². The second-order valence-electron chi connectivity index (χ2n) is 4.20. The number of benzene rings is 1. The van der Waals surface area contributed by atoms with Crippen LogP contribution in [0.5, 0.6) is 0 Å². The normalized spacial score (nSPS) is 11.7. The Bertz CT molecular complexity index is 671. The highest BCUT2D eigenvalue weighted by molar-refractivity contribution is 7.89. The number of nitrogens with zero attached hydrogens (tertiary/aromatic N) is 2. The zero-order chi connectivity index (χ0) is 14.6. The summed E-state index contributed by atoms with van der Waals surface area (Å²) in [6.45, 7) is 0.939. The molecule has 0 radical (unpaired) electrons.